The smallest absolute Gasteiger partial charge is 0.325 e. The summed E-state index contributed by atoms with van der Waals surface area (Å²) in [6, 6.07) is 21.0. The Morgan fingerprint density at radius 2 is 1.71 bits per heavy atom. The summed E-state index contributed by atoms with van der Waals surface area (Å²) in [4.78, 5) is 38.8. The fraction of sp³-hybridized carbons (Fsp3) is 0.192. The van der Waals surface area contributed by atoms with Gasteiger partial charge < -0.3 is 20.7 Å². The molecule has 2 unspecified atom stereocenters. The van der Waals surface area contributed by atoms with Crippen molar-refractivity contribution in [2.75, 3.05) is 15.5 Å². The van der Waals surface area contributed by atoms with E-state index in [1.165, 1.54) is 6.92 Å². The van der Waals surface area contributed by atoms with Crippen LogP contribution in [0, 0.1) is 0 Å². The van der Waals surface area contributed by atoms with Gasteiger partial charge in [0.2, 0.25) is 5.91 Å². The number of anilines is 3. The minimum Gasteiger partial charge on any atom is -0.467 e. The second-order valence-electron chi connectivity index (χ2n) is 8.62. The molecule has 2 aliphatic rings. The van der Waals surface area contributed by atoms with Gasteiger partial charge in [-0.2, -0.15) is 0 Å². The standard InChI is InChI=1S/C26H24N4O4/c1-16(31)27-18-10-12-19(13-11-18)28-24(32)17-6-5-7-20(14-17)30-25(33)29-22-15-26(30,2)34-23-9-4-3-8-21(22)23/h3-14,22H,15H2,1-2H3,(H,27,31)(H,28,32)(H,29,33). The lowest BCUT2D eigenvalue weighted by molar-refractivity contribution is -0.114. The predicted molar refractivity (Wildman–Crippen MR) is 129 cm³/mol. The van der Waals surface area contributed by atoms with Gasteiger partial charge >= 0.3 is 6.03 Å². The van der Waals surface area contributed by atoms with Crippen LogP contribution >= 0.6 is 0 Å². The molecule has 3 aromatic rings. The second kappa shape index (κ2) is 8.22. The Balaban J connectivity index is 1.38. The number of benzene rings is 3. The molecular formula is C26H24N4O4. The molecule has 3 aromatic carbocycles. The lowest BCUT2D eigenvalue weighted by atomic mass is 9.90. The van der Waals surface area contributed by atoms with E-state index in [1.807, 2.05) is 31.2 Å². The molecule has 4 amide bonds. The molecule has 5 rings (SSSR count). The zero-order valence-electron chi connectivity index (χ0n) is 18.8. The van der Waals surface area contributed by atoms with Gasteiger partial charge in [-0.05, 0) is 55.5 Å². The van der Waals surface area contributed by atoms with E-state index in [0.717, 1.165) is 11.3 Å². The van der Waals surface area contributed by atoms with Crippen LogP contribution in [0.5, 0.6) is 5.75 Å². The molecule has 1 saturated heterocycles. The normalized spacial score (nSPS) is 20.5. The summed E-state index contributed by atoms with van der Waals surface area (Å²) >= 11 is 0. The third-order valence-electron chi connectivity index (χ3n) is 6.01. The molecule has 2 atom stereocenters. The maximum absolute atomic E-state index is 13.1. The molecule has 2 bridgehead atoms. The Hall–Kier alpha value is -4.33. The number of hydrogen-bond acceptors (Lipinski definition) is 4. The summed E-state index contributed by atoms with van der Waals surface area (Å²) in [5, 5.41) is 8.59. The largest absolute Gasteiger partial charge is 0.467 e. The quantitative estimate of drug-likeness (QED) is 0.531. The monoisotopic (exact) mass is 456 g/mol. The summed E-state index contributed by atoms with van der Waals surface area (Å²) in [6.07, 6.45) is 0.576. The Kier molecular flexibility index (Phi) is 5.20. The van der Waals surface area contributed by atoms with Crippen molar-refractivity contribution in [3.05, 3.63) is 83.9 Å². The van der Waals surface area contributed by atoms with E-state index in [4.69, 9.17) is 4.74 Å². The van der Waals surface area contributed by atoms with Crippen molar-refractivity contribution in [2.24, 2.45) is 0 Å². The number of urea groups is 1. The van der Waals surface area contributed by atoms with Crippen LogP contribution in [-0.2, 0) is 4.79 Å². The summed E-state index contributed by atoms with van der Waals surface area (Å²) in [5.41, 5.74) is 2.26. The number of fused-ring (bicyclic) bond motifs is 4. The van der Waals surface area contributed by atoms with Gasteiger partial charge in [-0.25, -0.2) is 4.79 Å². The van der Waals surface area contributed by atoms with E-state index in [0.29, 0.717) is 29.0 Å². The maximum Gasteiger partial charge on any atom is 0.325 e. The van der Waals surface area contributed by atoms with Crippen molar-refractivity contribution in [1.82, 2.24) is 5.32 Å². The number of hydrogen-bond donors (Lipinski definition) is 3. The second-order valence-corrected chi connectivity index (χ2v) is 8.62. The first-order chi connectivity index (χ1) is 16.3. The van der Waals surface area contributed by atoms with Crippen LogP contribution in [0.3, 0.4) is 0 Å². The highest BCUT2D eigenvalue weighted by atomic mass is 16.5. The third-order valence-corrected chi connectivity index (χ3v) is 6.01. The number of carbonyl (C=O) groups is 3. The van der Waals surface area contributed by atoms with Crippen LogP contribution in [0.4, 0.5) is 21.9 Å². The van der Waals surface area contributed by atoms with Gasteiger partial charge in [-0.1, -0.05) is 24.3 Å². The van der Waals surface area contributed by atoms with E-state index >= 15 is 0 Å². The molecule has 0 aliphatic carbocycles. The molecule has 172 valence electrons. The van der Waals surface area contributed by atoms with Crippen LogP contribution in [0.2, 0.25) is 0 Å². The van der Waals surface area contributed by atoms with Gasteiger partial charge in [0.25, 0.3) is 5.91 Å². The van der Waals surface area contributed by atoms with Crippen LogP contribution < -0.4 is 25.6 Å². The first-order valence-electron chi connectivity index (χ1n) is 11.0. The Labute approximate surface area is 196 Å². The van der Waals surface area contributed by atoms with Crippen molar-refractivity contribution in [1.29, 1.82) is 0 Å². The highest BCUT2D eigenvalue weighted by molar-refractivity contribution is 6.06. The van der Waals surface area contributed by atoms with Gasteiger partial charge in [0, 0.05) is 35.8 Å². The molecule has 0 radical (unpaired) electrons. The molecule has 34 heavy (non-hydrogen) atoms. The molecular weight excluding hydrogens is 432 g/mol. The highest BCUT2D eigenvalue weighted by Crippen LogP contribution is 2.45. The lowest BCUT2D eigenvalue weighted by Gasteiger charge is -2.50. The molecule has 0 spiro atoms. The van der Waals surface area contributed by atoms with E-state index in [9.17, 15) is 14.4 Å². The van der Waals surface area contributed by atoms with Crippen molar-refractivity contribution in [2.45, 2.75) is 32.0 Å². The van der Waals surface area contributed by atoms with Gasteiger partial charge in [-0.15, -0.1) is 0 Å². The summed E-state index contributed by atoms with van der Waals surface area (Å²) in [5.74, 6) is 0.258. The zero-order chi connectivity index (χ0) is 23.9. The van der Waals surface area contributed by atoms with E-state index < -0.39 is 5.72 Å². The Bertz CT molecular complexity index is 1290. The number of para-hydroxylation sites is 1. The lowest BCUT2D eigenvalue weighted by Crippen LogP contribution is -2.65. The van der Waals surface area contributed by atoms with Crippen molar-refractivity contribution in [3.8, 4) is 5.75 Å². The Morgan fingerprint density at radius 1 is 1.00 bits per heavy atom. The maximum atomic E-state index is 13.1. The van der Waals surface area contributed by atoms with E-state index in [2.05, 4.69) is 16.0 Å². The van der Waals surface area contributed by atoms with Gasteiger partial charge in [0.05, 0.1) is 11.7 Å². The van der Waals surface area contributed by atoms with Crippen LogP contribution in [0.15, 0.2) is 72.8 Å². The SMILES string of the molecule is CC(=O)Nc1ccc(NC(=O)c2cccc(N3C(=O)NC4CC3(C)Oc3ccccc34)c2)cc1. The molecule has 8 heteroatoms. The topological polar surface area (TPSA) is 99.8 Å². The molecule has 2 heterocycles. The number of carbonyl (C=O) groups excluding carboxylic acids is 3. The highest BCUT2D eigenvalue weighted by Gasteiger charge is 2.49. The number of nitrogens with one attached hydrogen (secondary N) is 3. The average Bonchev–Trinajstić information content (AvgIpc) is 2.79. The molecule has 8 nitrogen and oxygen atoms in total. The molecule has 0 aromatic heterocycles. The summed E-state index contributed by atoms with van der Waals surface area (Å²) in [6.45, 7) is 3.32. The first-order valence-corrected chi connectivity index (χ1v) is 11.0. The van der Waals surface area contributed by atoms with Crippen molar-refractivity contribution < 1.29 is 19.1 Å². The number of nitrogens with zero attached hydrogens (tertiary/aromatic N) is 1. The van der Waals surface area contributed by atoms with Crippen LogP contribution in [-0.4, -0.2) is 23.6 Å². The predicted octanol–water partition coefficient (Wildman–Crippen LogP) is 4.67. The summed E-state index contributed by atoms with van der Waals surface area (Å²) in [7, 11) is 0. The van der Waals surface area contributed by atoms with Gasteiger partial charge in [-0.3, -0.25) is 14.5 Å². The molecule has 2 aliphatic heterocycles. The zero-order valence-corrected chi connectivity index (χ0v) is 18.8. The molecule has 1 fully saturated rings. The van der Waals surface area contributed by atoms with Gasteiger partial charge in [0.15, 0.2) is 5.72 Å². The number of amides is 4. The van der Waals surface area contributed by atoms with E-state index in [1.54, 1.807) is 53.4 Å². The van der Waals surface area contributed by atoms with Gasteiger partial charge in [0.1, 0.15) is 5.75 Å². The fourth-order valence-corrected chi connectivity index (χ4v) is 4.54. The molecule has 0 saturated carbocycles. The van der Waals surface area contributed by atoms with Crippen molar-refractivity contribution >= 4 is 34.9 Å². The summed E-state index contributed by atoms with van der Waals surface area (Å²) < 4.78 is 6.30. The molecule has 3 N–H and O–H groups in total. The average molecular weight is 457 g/mol. The fourth-order valence-electron chi connectivity index (χ4n) is 4.54. The van der Waals surface area contributed by atoms with E-state index in [-0.39, 0.29) is 23.9 Å². The van der Waals surface area contributed by atoms with Crippen molar-refractivity contribution in [3.63, 3.8) is 0 Å². The Morgan fingerprint density at radius 3 is 2.44 bits per heavy atom. The van der Waals surface area contributed by atoms with Crippen LogP contribution in [0.25, 0.3) is 0 Å². The number of rotatable bonds is 4. The first kappa shape index (κ1) is 21.5. The minimum atomic E-state index is -0.893. The van der Waals surface area contributed by atoms with Crippen LogP contribution in [0.1, 0.15) is 42.2 Å². The number of ether oxygens (including phenoxy) is 1. The minimum absolute atomic E-state index is 0.134. The third kappa shape index (κ3) is 3.94.